The molecule has 0 aliphatic heterocycles. The molecule has 3 rings (SSSR count). The van der Waals surface area contributed by atoms with Gasteiger partial charge in [-0.15, -0.1) is 11.3 Å². The molecule has 3 nitrogen and oxygen atoms in total. The van der Waals surface area contributed by atoms with E-state index in [0.717, 1.165) is 17.9 Å². The summed E-state index contributed by atoms with van der Waals surface area (Å²) in [6.07, 6.45) is 0. The number of hydrogen-bond donors (Lipinski definition) is 1. The van der Waals surface area contributed by atoms with Gasteiger partial charge in [0.2, 0.25) is 0 Å². The van der Waals surface area contributed by atoms with Crippen LogP contribution in [0.1, 0.15) is 29.2 Å². The summed E-state index contributed by atoms with van der Waals surface area (Å²) in [5, 5.41) is 3.29. The summed E-state index contributed by atoms with van der Waals surface area (Å²) in [4.78, 5) is 3.71. The quantitative estimate of drug-likeness (QED) is 0.770. The van der Waals surface area contributed by atoms with Crippen molar-refractivity contribution in [3.05, 3.63) is 58.0 Å². The average molecular weight is 300 g/mol. The summed E-state index contributed by atoms with van der Waals surface area (Å²) < 4.78 is 5.87. The van der Waals surface area contributed by atoms with Gasteiger partial charge in [0, 0.05) is 28.4 Å². The fourth-order valence-corrected chi connectivity index (χ4v) is 3.47. The van der Waals surface area contributed by atoms with Crippen LogP contribution in [0.3, 0.4) is 0 Å². The monoisotopic (exact) mass is 300 g/mol. The van der Waals surface area contributed by atoms with E-state index in [-0.39, 0.29) is 0 Å². The summed E-state index contributed by atoms with van der Waals surface area (Å²) in [5.41, 5.74) is 7.98. The van der Waals surface area contributed by atoms with Gasteiger partial charge in [0.1, 0.15) is 11.3 Å². The van der Waals surface area contributed by atoms with Crippen molar-refractivity contribution >= 4 is 22.3 Å². The minimum atomic E-state index is 0.379. The Morgan fingerprint density at radius 3 is 2.76 bits per heavy atom. The lowest BCUT2D eigenvalue weighted by molar-refractivity contribution is 0.255. The zero-order valence-corrected chi connectivity index (χ0v) is 13.2. The Bertz CT molecular complexity index is 718. The molecule has 4 heteroatoms. The van der Waals surface area contributed by atoms with Crippen molar-refractivity contribution in [3.8, 4) is 0 Å². The first-order chi connectivity index (χ1) is 10.2. The maximum Gasteiger partial charge on any atom is 0.134 e. The van der Waals surface area contributed by atoms with Gasteiger partial charge in [-0.05, 0) is 31.5 Å². The lowest BCUT2D eigenvalue weighted by atomic mass is 10.1. The van der Waals surface area contributed by atoms with Crippen LogP contribution < -0.4 is 5.73 Å². The molecule has 0 radical (unpaired) electrons. The van der Waals surface area contributed by atoms with E-state index in [4.69, 9.17) is 10.2 Å². The van der Waals surface area contributed by atoms with Crippen molar-refractivity contribution < 1.29 is 4.42 Å². The summed E-state index contributed by atoms with van der Waals surface area (Å²) >= 11 is 1.80. The molecule has 2 N–H and O–H groups in total. The Labute approximate surface area is 129 Å². The highest BCUT2D eigenvalue weighted by Gasteiger charge is 2.18. The summed E-state index contributed by atoms with van der Waals surface area (Å²) in [6.45, 7) is 3.50. The number of thiophene rings is 1. The molecule has 0 amide bonds. The van der Waals surface area contributed by atoms with E-state index in [2.05, 4.69) is 42.5 Å². The highest BCUT2D eigenvalue weighted by Crippen LogP contribution is 2.30. The van der Waals surface area contributed by atoms with Crippen molar-refractivity contribution in [2.24, 2.45) is 5.73 Å². The SMILES string of the molecule is CC(c1cccs1)N(C)Cc1c(CN)oc2ccccc12. The van der Waals surface area contributed by atoms with Gasteiger partial charge in [-0.25, -0.2) is 0 Å². The smallest absolute Gasteiger partial charge is 0.134 e. The van der Waals surface area contributed by atoms with Crippen molar-refractivity contribution in [2.45, 2.75) is 26.1 Å². The van der Waals surface area contributed by atoms with Gasteiger partial charge < -0.3 is 10.2 Å². The number of benzene rings is 1. The first kappa shape index (κ1) is 14.3. The maximum absolute atomic E-state index is 5.87. The fourth-order valence-electron chi connectivity index (χ4n) is 2.62. The van der Waals surface area contributed by atoms with Gasteiger partial charge in [-0.1, -0.05) is 24.3 Å². The Hall–Kier alpha value is -1.62. The van der Waals surface area contributed by atoms with Crippen LogP contribution in [0.2, 0.25) is 0 Å². The Kier molecular flexibility index (Phi) is 4.10. The normalized spacial score (nSPS) is 13.1. The number of fused-ring (bicyclic) bond motifs is 1. The lowest BCUT2D eigenvalue weighted by Crippen LogP contribution is -2.22. The molecule has 0 saturated carbocycles. The van der Waals surface area contributed by atoms with Crippen molar-refractivity contribution in [1.82, 2.24) is 4.90 Å². The van der Waals surface area contributed by atoms with E-state index in [1.165, 1.54) is 15.8 Å². The van der Waals surface area contributed by atoms with Gasteiger partial charge in [0.15, 0.2) is 0 Å². The third kappa shape index (κ3) is 2.75. The molecule has 0 saturated heterocycles. The maximum atomic E-state index is 5.87. The van der Waals surface area contributed by atoms with E-state index >= 15 is 0 Å². The van der Waals surface area contributed by atoms with Crippen LogP contribution in [0.25, 0.3) is 11.0 Å². The number of rotatable bonds is 5. The van der Waals surface area contributed by atoms with Crippen LogP contribution in [0.5, 0.6) is 0 Å². The predicted octanol–water partition coefficient (Wildman–Crippen LogP) is 4.15. The zero-order valence-electron chi connectivity index (χ0n) is 12.4. The third-order valence-electron chi connectivity index (χ3n) is 3.99. The molecule has 21 heavy (non-hydrogen) atoms. The lowest BCUT2D eigenvalue weighted by Gasteiger charge is -2.23. The highest BCUT2D eigenvalue weighted by molar-refractivity contribution is 7.10. The predicted molar refractivity (Wildman–Crippen MR) is 88.3 cm³/mol. The van der Waals surface area contributed by atoms with Crippen LogP contribution >= 0.6 is 11.3 Å². The van der Waals surface area contributed by atoms with E-state index in [0.29, 0.717) is 12.6 Å². The molecule has 1 atom stereocenters. The van der Waals surface area contributed by atoms with Gasteiger partial charge in [-0.3, -0.25) is 4.90 Å². The number of para-hydroxylation sites is 1. The molecule has 0 aliphatic rings. The first-order valence-corrected chi connectivity index (χ1v) is 8.01. The molecule has 1 aromatic carbocycles. The second-order valence-electron chi connectivity index (χ2n) is 5.31. The van der Waals surface area contributed by atoms with Crippen molar-refractivity contribution in [3.63, 3.8) is 0 Å². The van der Waals surface area contributed by atoms with Crippen LogP contribution in [-0.2, 0) is 13.1 Å². The molecule has 2 aromatic heterocycles. The molecule has 3 aromatic rings. The molecule has 2 heterocycles. The second-order valence-corrected chi connectivity index (χ2v) is 6.29. The van der Waals surface area contributed by atoms with Crippen LogP contribution in [0, 0.1) is 0 Å². The standard InChI is InChI=1S/C17H20N2OS/c1-12(17-8-5-9-21-17)19(2)11-14-13-6-3-4-7-15(13)20-16(14)10-18/h3-9,12H,10-11,18H2,1-2H3. The largest absolute Gasteiger partial charge is 0.459 e. The molecule has 1 unspecified atom stereocenters. The molecule has 0 fully saturated rings. The van der Waals surface area contributed by atoms with Gasteiger partial charge in [-0.2, -0.15) is 0 Å². The van der Waals surface area contributed by atoms with E-state index in [1.54, 1.807) is 11.3 Å². The molecule has 0 spiro atoms. The summed E-state index contributed by atoms with van der Waals surface area (Å²) in [6, 6.07) is 12.8. The number of nitrogens with zero attached hydrogens (tertiary/aromatic N) is 1. The summed E-state index contributed by atoms with van der Waals surface area (Å²) in [7, 11) is 2.15. The molecule has 0 aliphatic carbocycles. The Morgan fingerprint density at radius 1 is 1.24 bits per heavy atom. The topological polar surface area (TPSA) is 42.4 Å². The summed E-state index contributed by atoms with van der Waals surface area (Å²) in [5.74, 6) is 0.890. The minimum Gasteiger partial charge on any atom is -0.459 e. The number of furan rings is 1. The van der Waals surface area contributed by atoms with E-state index < -0.39 is 0 Å². The first-order valence-electron chi connectivity index (χ1n) is 7.13. The molecular weight excluding hydrogens is 280 g/mol. The highest BCUT2D eigenvalue weighted by atomic mass is 32.1. The van der Waals surface area contributed by atoms with Crippen LogP contribution in [0.15, 0.2) is 46.2 Å². The average Bonchev–Trinajstić information content (AvgIpc) is 3.14. The minimum absolute atomic E-state index is 0.379. The van der Waals surface area contributed by atoms with E-state index in [9.17, 15) is 0 Å². The van der Waals surface area contributed by atoms with E-state index in [1.807, 2.05) is 18.2 Å². The second kappa shape index (κ2) is 6.02. The Balaban J connectivity index is 1.90. The Morgan fingerprint density at radius 2 is 2.05 bits per heavy atom. The molecular formula is C17H20N2OS. The van der Waals surface area contributed by atoms with Gasteiger partial charge >= 0.3 is 0 Å². The molecule has 110 valence electrons. The van der Waals surface area contributed by atoms with Crippen LogP contribution in [-0.4, -0.2) is 11.9 Å². The van der Waals surface area contributed by atoms with Crippen molar-refractivity contribution in [1.29, 1.82) is 0 Å². The third-order valence-corrected chi connectivity index (χ3v) is 5.03. The molecule has 0 bridgehead atoms. The fraction of sp³-hybridized carbons (Fsp3) is 0.294. The van der Waals surface area contributed by atoms with Gasteiger partial charge in [0.25, 0.3) is 0 Å². The number of hydrogen-bond acceptors (Lipinski definition) is 4. The zero-order chi connectivity index (χ0) is 14.8. The van der Waals surface area contributed by atoms with Gasteiger partial charge in [0.05, 0.1) is 6.54 Å². The van der Waals surface area contributed by atoms with Crippen LogP contribution in [0.4, 0.5) is 0 Å². The number of nitrogens with two attached hydrogens (primary N) is 1. The van der Waals surface area contributed by atoms with Crippen molar-refractivity contribution in [2.75, 3.05) is 7.05 Å².